The van der Waals surface area contributed by atoms with Gasteiger partial charge in [-0.05, 0) is 65.8 Å². The van der Waals surface area contributed by atoms with Crippen LogP contribution in [0.15, 0.2) is 66.7 Å². The molecule has 3 aromatic carbocycles. The molecule has 0 N–H and O–H groups in total. The molecule has 5 heteroatoms. The van der Waals surface area contributed by atoms with E-state index in [9.17, 15) is 0 Å². The second kappa shape index (κ2) is 10.9. The number of aryl methyl sites for hydroxylation is 1. The van der Waals surface area contributed by atoms with Gasteiger partial charge in [0.2, 0.25) is 0 Å². The molecule has 0 amide bonds. The summed E-state index contributed by atoms with van der Waals surface area (Å²) in [5.74, 6) is 3.45. The molecule has 1 heterocycles. The molecule has 0 fully saturated rings. The molecule has 5 nitrogen and oxygen atoms in total. The van der Waals surface area contributed by atoms with Gasteiger partial charge in [-0.25, -0.2) is 4.98 Å². The van der Waals surface area contributed by atoms with Crippen LogP contribution in [0.5, 0.6) is 17.2 Å². The van der Waals surface area contributed by atoms with Crippen molar-refractivity contribution in [3.63, 3.8) is 0 Å². The highest BCUT2D eigenvalue weighted by Crippen LogP contribution is 2.29. The molecule has 184 valence electrons. The van der Waals surface area contributed by atoms with Crippen LogP contribution in [0.25, 0.3) is 11.0 Å². The van der Waals surface area contributed by atoms with E-state index in [2.05, 4.69) is 73.9 Å². The molecule has 35 heavy (non-hydrogen) atoms. The quantitative estimate of drug-likeness (QED) is 0.238. The van der Waals surface area contributed by atoms with Crippen molar-refractivity contribution >= 4 is 11.0 Å². The first kappa shape index (κ1) is 24.6. The first-order valence-corrected chi connectivity index (χ1v) is 12.3. The van der Waals surface area contributed by atoms with Gasteiger partial charge in [0, 0.05) is 13.0 Å². The van der Waals surface area contributed by atoms with Crippen molar-refractivity contribution < 1.29 is 14.2 Å². The Hall–Kier alpha value is -3.47. The summed E-state index contributed by atoms with van der Waals surface area (Å²) in [5.41, 5.74) is 4.81. The van der Waals surface area contributed by atoms with Gasteiger partial charge in [-0.15, -0.1) is 0 Å². The highest BCUT2D eigenvalue weighted by Gasteiger charge is 2.14. The van der Waals surface area contributed by atoms with Crippen molar-refractivity contribution in [2.24, 2.45) is 0 Å². The molecule has 0 saturated heterocycles. The lowest BCUT2D eigenvalue weighted by Crippen LogP contribution is -2.10. The molecule has 4 aromatic rings. The summed E-state index contributed by atoms with van der Waals surface area (Å²) in [6, 6.07) is 22.9. The maximum Gasteiger partial charge on any atom is 0.161 e. The number of nitrogens with zero attached hydrogens (tertiary/aromatic N) is 2. The third-order valence-electron chi connectivity index (χ3n) is 6.31. The second-order valence-corrected chi connectivity index (χ2v) is 9.86. The van der Waals surface area contributed by atoms with E-state index < -0.39 is 0 Å². The van der Waals surface area contributed by atoms with Crippen molar-refractivity contribution in [3.05, 3.63) is 83.7 Å². The Bertz CT molecular complexity index is 1250. The number of imidazole rings is 1. The summed E-state index contributed by atoms with van der Waals surface area (Å²) in [5, 5.41) is 0. The number of methoxy groups -OCH3 is 2. The number of fused-ring (bicyclic) bond motifs is 1. The monoisotopic (exact) mass is 472 g/mol. The van der Waals surface area contributed by atoms with Gasteiger partial charge in [0.15, 0.2) is 11.5 Å². The smallest absolute Gasteiger partial charge is 0.161 e. The summed E-state index contributed by atoms with van der Waals surface area (Å²) < 4.78 is 19.2. The lowest BCUT2D eigenvalue weighted by Gasteiger charge is -2.19. The normalized spacial score (nSPS) is 11.6. The van der Waals surface area contributed by atoms with E-state index in [4.69, 9.17) is 19.2 Å². The fraction of sp³-hybridized carbons (Fsp3) is 0.367. The lowest BCUT2D eigenvalue weighted by atomic mass is 9.87. The van der Waals surface area contributed by atoms with Crippen LogP contribution in [0.1, 0.15) is 50.6 Å². The van der Waals surface area contributed by atoms with E-state index >= 15 is 0 Å². The van der Waals surface area contributed by atoms with E-state index in [0.717, 1.165) is 60.0 Å². The van der Waals surface area contributed by atoms with Crippen molar-refractivity contribution in [1.29, 1.82) is 0 Å². The molecule has 1 aromatic heterocycles. The molecule has 0 unspecified atom stereocenters. The fourth-order valence-electron chi connectivity index (χ4n) is 4.30. The predicted octanol–water partition coefficient (Wildman–Crippen LogP) is 6.80. The van der Waals surface area contributed by atoms with Gasteiger partial charge in [0.1, 0.15) is 11.6 Å². The Morgan fingerprint density at radius 2 is 1.57 bits per heavy atom. The van der Waals surface area contributed by atoms with Crippen LogP contribution in [-0.4, -0.2) is 30.4 Å². The Balaban J connectivity index is 1.40. The molecule has 0 spiro atoms. The number of para-hydroxylation sites is 2. The molecule has 0 aliphatic heterocycles. The number of unbranched alkanes of at least 4 members (excludes halogenated alkanes) is 1. The molecule has 0 atom stereocenters. The van der Waals surface area contributed by atoms with Crippen LogP contribution in [0.3, 0.4) is 0 Å². The summed E-state index contributed by atoms with van der Waals surface area (Å²) in [6.45, 7) is 8.27. The minimum Gasteiger partial charge on any atom is -0.494 e. The number of benzene rings is 3. The highest BCUT2D eigenvalue weighted by molar-refractivity contribution is 5.76. The summed E-state index contributed by atoms with van der Waals surface area (Å²) >= 11 is 0. The van der Waals surface area contributed by atoms with Crippen molar-refractivity contribution in [3.8, 4) is 17.2 Å². The zero-order valence-corrected chi connectivity index (χ0v) is 21.5. The number of aromatic nitrogens is 2. The van der Waals surface area contributed by atoms with E-state index in [1.807, 2.05) is 18.2 Å². The van der Waals surface area contributed by atoms with Crippen LogP contribution in [0.2, 0.25) is 0 Å². The van der Waals surface area contributed by atoms with Gasteiger partial charge in [-0.3, -0.25) is 0 Å². The molecule has 0 radical (unpaired) electrons. The van der Waals surface area contributed by atoms with Gasteiger partial charge < -0.3 is 18.8 Å². The second-order valence-electron chi connectivity index (χ2n) is 9.86. The summed E-state index contributed by atoms with van der Waals surface area (Å²) in [4.78, 5) is 4.94. The van der Waals surface area contributed by atoms with Crippen LogP contribution in [-0.2, 0) is 18.4 Å². The van der Waals surface area contributed by atoms with Crippen molar-refractivity contribution in [1.82, 2.24) is 9.55 Å². The van der Waals surface area contributed by atoms with Gasteiger partial charge in [-0.2, -0.15) is 0 Å². The minimum absolute atomic E-state index is 0.154. The topological polar surface area (TPSA) is 45.5 Å². The van der Waals surface area contributed by atoms with Crippen LogP contribution in [0.4, 0.5) is 0 Å². The number of hydrogen-bond donors (Lipinski definition) is 0. The number of hydrogen-bond acceptors (Lipinski definition) is 4. The minimum atomic E-state index is 0.154. The average Bonchev–Trinajstić information content (AvgIpc) is 3.20. The molecular formula is C30H36N2O3. The largest absolute Gasteiger partial charge is 0.494 e. The van der Waals surface area contributed by atoms with Gasteiger partial charge in [-0.1, -0.05) is 51.1 Å². The molecule has 4 rings (SSSR count). The summed E-state index contributed by atoms with van der Waals surface area (Å²) in [7, 11) is 3.32. The van der Waals surface area contributed by atoms with Crippen LogP contribution < -0.4 is 14.2 Å². The predicted molar refractivity (Wildman–Crippen MR) is 142 cm³/mol. The Morgan fingerprint density at radius 3 is 2.29 bits per heavy atom. The van der Waals surface area contributed by atoms with Gasteiger partial charge in [0.05, 0.1) is 31.9 Å². The molecule has 0 bridgehead atoms. The highest BCUT2D eigenvalue weighted by atomic mass is 16.5. The lowest BCUT2D eigenvalue weighted by molar-refractivity contribution is 0.303. The van der Waals surface area contributed by atoms with E-state index in [1.54, 1.807) is 14.2 Å². The van der Waals surface area contributed by atoms with Gasteiger partial charge in [0.25, 0.3) is 0 Å². The molecule has 0 aliphatic rings. The van der Waals surface area contributed by atoms with Crippen LogP contribution >= 0.6 is 0 Å². The van der Waals surface area contributed by atoms with Crippen LogP contribution in [0, 0.1) is 0 Å². The van der Waals surface area contributed by atoms with Gasteiger partial charge >= 0.3 is 0 Å². The standard InChI is InChI=1S/C30H36N2O3/c1-30(2,3)23-13-15-24(16-14-23)35-19-9-8-18-32-26-11-7-6-10-25(26)31-29(32)21-22-12-17-27(33-4)28(20-22)34-5/h6-7,10-17,20H,8-9,18-19,21H2,1-5H3. The zero-order valence-electron chi connectivity index (χ0n) is 21.5. The third kappa shape index (κ3) is 5.97. The fourth-order valence-corrected chi connectivity index (χ4v) is 4.30. The first-order chi connectivity index (χ1) is 16.9. The molecule has 0 aliphatic carbocycles. The Kier molecular flexibility index (Phi) is 7.64. The maximum atomic E-state index is 6.00. The number of ether oxygens (including phenoxy) is 3. The zero-order chi connectivity index (χ0) is 24.8. The average molecular weight is 473 g/mol. The Morgan fingerprint density at radius 1 is 0.829 bits per heavy atom. The SMILES string of the molecule is COc1ccc(Cc2nc3ccccc3n2CCCCOc2ccc(C(C)(C)C)cc2)cc1OC. The molecule has 0 saturated carbocycles. The maximum absolute atomic E-state index is 6.00. The molecular weight excluding hydrogens is 436 g/mol. The van der Waals surface area contributed by atoms with Crippen molar-refractivity contribution in [2.75, 3.05) is 20.8 Å². The first-order valence-electron chi connectivity index (χ1n) is 12.3. The number of rotatable bonds is 10. The van der Waals surface area contributed by atoms with E-state index in [0.29, 0.717) is 6.61 Å². The van der Waals surface area contributed by atoms with E-state index in [-0.39, 0.29) is 5.41 Å². The third-order valence-corrected chi connectivity index (χ3v) is 6.31. The Labute approximate surface area is 208 Å². The van der Waals surface area contributed by atoms with E-state index in [1.165, 1.54) is 11.1 Å². The van der Waals surface area contributed by atoms with Crippen molar-refractivity contribution in [2.45, 2.75) is 52.0 Å². The summed E-state index contributed by atoms with van der Waals surface area (Å²) in [6.07, 6.45) is 2.72.